The van der Waals surface area contributed by atoms with Crippen LogP contribution in [0.3, 0.4) is 0 Å². The first kappa shape index (κ1) is 17.8. The van der Waals surface area contributed by atoms with Crippen LogP contribution in [0.25, 0.3) is 0 Å². The van der Waals surface area contributed by atoms with Crippen LogP contribution in [-0.4, -0.2) is 30.7 Å². The molecule has 6 heteroatoms. The number of hydrogen-bond acceptors (Lipinski definition) is 3. The molecule has 0 saturated carbocycles. The van der Waals surface area contributed by atoms with E-state index in [1.807, 2.05) is 44.2 Å². The standard InChI is InChI=1S/C16H23Cl2NO2Si/c1-15(2)11-20-14(19-15)16(17,18)13(21-22(3,4)5)12-9-7-6-8-10-12/h6-10,13H,11H2,1-5H3. The van der Waals surface area contributed by atoms with E-state index < -0.39 is 18.8 Å². The molecule has 0 amide bonds. The number of rotatable bonds is 5. The Hall–Kier alpha value is -0.553. The van der Waals surface area contributed by atoms with E-state index in [4.69, 9.17) is 32.4 Å². The molecule has 0 radical (unpaired) electrons. The van der Waals surface area contributed by atoms with E-state index in [0.717, 1.165) is 5.56 Å². The Morgan fingerprint density at radius 3 is 2.27 bits per heavy atom. The number of alkyl halides is 2. The van der Waals surface area contributed by atoms with E-state index >= 15 is 0 Å². The second-order valence-electron chi connectivity index (χ2n) is 7.16. The predicted molar refractivity (Wildman–Crippen MR) is 95.5 cm³/mol. The molecule has 1 aromatic rings. The molecule has 22 heavy (non-hydrogen) atoms. The molecule has 1 atom stereocenters. The minimum absolute atomic E-state index is 0.315. The summed E-state index contributed by atoms with van der Waals surface area (Å²) < 4.78 is 10.6. The first-order valence-electron chi connectivity index (χ1n) is 7.35. The normalized spacial score (nSPS) is 19.5. The molecular weight excluding hydrogens is 337 g/mol. The van der Waals surface area contributed by atoms with Gasteiger partial charge in [-0.05, 0) is 39.1 Å². The van der Waals surface area contributed by atoms with Gasteiger partial charge < -0.3 is 9.16 Å². The van der Waals surface area contributed by atoms with Crippen LogP contribution < -0.4 is 0 Å². The van der Waals surface area contributed by atoms with Crippen molar-refractivity contribution in [3.8, 4) is 0 Å². The summed E-state index contributed by atoms with van der Waals surface area (Å²) in [6.45, 7) is 10.8. The molecule has 2 rings (SSSR count). The molecule has 1 heterocycles. The van der Waals surface area contributed by atoms with Crippen LogP contribution in [0.5, 0.6) is 0 Å². The zero-order valence-electron chi connectivity index (χ0n) is 13.7. The molecule has 0 aromatic heterocycles. The summed E-state index contributed by atoms with van der Waals surface area (Å²) in [5, 5.41) is 0. The summed E-state index contributed by atoms with van der Waals surface area (Å²) in [5.74, 6) is 0.341. The lowest BCUT2D eigenvalue weighted by molar-refractivity contribution is 0.183. The molecule has 1 aliphatic heterocycles. The molecule has 122 valence electrons. The average molecular weight is 360 g/mol. The maximum absolute atomic E-state index is 6.68. The largest absolute Gasteiger partial charge is 0.476 e. The number of hydrogen-bond donors (Lipinski definition) is 0. The van der Waals surface area contributed by atoms with Gasteiger partial charge in [0.2, 0.25) is 10.2 Å². The van der Waals surface area contributed by atoms with Gasteiger partial charge in [0.05, 0.1) is 5.54 Å². The summed E-state index contributed by atoms with van der Waals surface area (Å²) >= 11 is 13.4. The van der Waals surface area contributed by atoms with Gasteiger partial charge in [-0.1, -0.05) is 53.5 Å². The minimum Gasteiger partial charge on any atom is -0.476 e. The van der Waals surface area contributed by atoms with Gasteiger partial charge in [-0.2, -0.15) is 0 Å². The maximum Gasteiger partial charge on any atom is 0.224 e. The van der Waals surface area contributed by atoms with Crippen LogP contribution in [0.4, 0.5) is 0 Å². The van der Waals surface area contributed by atoms with Gasteiger partial charge in [0.25, 0.3) is 0 Å². The number of nitrogens with zero attached hydrogens (tertiary/aromatic N) is 1. The second kappa shape index (κ2) is 6.15. The molecule has 0 fully saturated rings. The summed E-state index contributed by atoms with van der Waals surface area (Å²) in [6.07, 6.45) is -0.517. The lowest BCUT2D eigenvalue weighted by atomic mass is 10.1. The topological polar surface area (TPSA) is 30.8 Å². The molecular formula is C16H23Cl2NO2Si. The maximum atomic E-state index is 6.68. The van der Waals surface area contributed by atoms with Crippen molar-refractivity contribution in [2.45, 2.75) is 49.5 Å². The molecule has 1 aliphatic rings. The van der Waals surface area contributed by atoms with Crippen molar-refractivity contribution in [3.63, 3.8) is 0 Å². The highest BCUT2D eigenvalue weighted by molar-refractivity contribution is 6.70. The monoisotopic (exact) mass is 359 g/mol. The summed E-state index contributed by atoms with van der Waals surface area (Å²) in [5.41, 5.74) is 0.607. The fraction of sp³-hybridized carbons (Fsp3) is 0.562. The Bertz CT molecular complexity index is 553. The molecule has 0 saturated heterocycles. The molecule has 3 nitrogen and oxygen atoms in total. The van der Waals surface area contributed by atoms with Crippen molar-refractivity contribution in [3.05, 3.63) is 35.9 Å². The third-order valence-electron chi connectivity index (χ3n) is 3.15. The van der Waals surface area contributed by atoms with E-state index in [1.54, 1.807) is 0 Å². The molecule has 1 aromatic carbocycles. The zero-order valence-corrected chi connectivity index (χ0v) is 16.2. The number of halogens is 2. The minimum atomic E-state index is -1.88. The molecule has 0 aliphatic carbocycles. The van der Waals surface area contributed by atoms with Crippen molar-refractivity contribution in [2.75, 3.05) is 6.61 Å². The van der Waals surface area contributed by atoms with E-state index in [-0.39, 0.29) is 5.54 Å². The van der Waals surface area contributed by atoms with Gasteiger partial charge in [0.15, 0.2) is 8.32 Å². The first-order chi connectivity index (χ1) is 10.0. The molecule has 1 unspecified atom stereocenters. The highest BCUT2D eigenvalue weighted by Crippen LogP contribution is 2.44. The average Bonchev–Trinajstić information content (AvgIpc) is 2.77. The third kappa shape index (κ3) is 4.25. The van der Waals surface area contributed by atoms with Crippen LogP contribution in [0.1, 0.15) is 25.5 Å². The van der Waals surface area contributed by atoms with Crippen LogP contribution >= 0.6 is 23.2 Å². The Morgan fingerprint density at radius 1 is 1.23 bits per heavy atom. The zero-order chi connectivity index (χ0) is 16.6. The van der Waals surface area contributed by atoms with E-state index in [9.17, 15) is 0 Å². The SMILES string of the molecule is CC1(C)COC(C(Cl)(Cl)C(O[Si](C)(C)C)c2ccccc2)=N1. The van der Waals surface area contributed by atoms with Crippen LogP contribution in [0.2, 0.25) is 19.6 Å². The van der Waals surface area contributed by atoms with Crippen molar-refractivity contribution < 1.29 is 9.16 Å². The molecule has 0 bridgehead atoms. The smallest absolute Gasteiger partial charge is 0.224 e. The van der Waals surface area contributed by atoms with Gasteiger partial charge in [0.1, 0.15) is 12.7 Å². The lowest BCUT2D eigenvalue weighted by Crippen LogP contribution is -2.41. The summed E-state index contributed by atoms with van der Waals surface area (Å²) in [4.78, 5) is 4.53. The van der Waals surface area contributed by atoms with Crippen molar-refractivity contribution >= 4 is 37.4 Å². The molecule has 0 spiro atoms. The Labute approximate surface area is 143 Å². The number of ether oxygens (including phenoxy) is 1. The quantitative estimate of drug-likeness (QED) is 0.549. The van der Waals surface area contributed by atoms with Crippen molar-refractivity contribution in [2.24, 2.45) is 4.99 Å². The van der Waals surface area contributed by atoms with Gasteiger partial charge in [-0.25, -0.2) is 4.99 Å². The summed E-state index contributed by atoms with van der Waals surface area (Å²) in [7, 11) is -1.88. The van der Waals surface area contributed by atoms with Crippen LogP contribution in [0.15, 0.2) is 35.3 Å². The highest BCUT2D eigenvalue weighted by Gasteiger charge is 2.48. The number of aliphatic imine (C=N–C) groups is 1. The van der Waals surface area contributed by atoms with E-state index in [2.05, 4.69) is 24.6 Å². The van der Waals surface area contributed by atoms with Crippen LogP contribution in [0, 0.1) is 0 Å². The summed E-state index contributed by atoms with van der Waals surface area (Å²) in [6, 6.07) is 9.77. The Balaban J connectivity index is 2.40. The second-order valence-corrected chi connectivity index (χ2v) is 13.0. The molecule has 0 N–H and O–H groups in total. The van der Waals surface area contributed by atoms with Gasteiger partial charge in [-0.15, -0.1) is 0 Å². The fourth-order valence-corrected chi connectivity index (χ4v) is 3.90. The van der Waals surface area contributed by atoms with Gasteiger partial charge >= 0.3 is 0 Å². The first-order valence-corrected chi connectivity index (χ1v) is 11.5. The lowest BCUT2D eigenvalue weighted by Gasteiger charge is -2.34. The van der Waals surface area contributed by atoms with Crippen LogP contribution in [-0.2, 0) is 9.16 Å². The van der Waals surface area contributed by atoms with Crippen molar-refractivity contribution in [1.29, 1.82) is 0 Å². The Kier molecular flexibility index (Phi) is 4.98. The van der Waals surface area contributed by atoms with E-state index in [1.165, 1.54) is 0 Å². The fourth-order valence-electron chi connectivity index (χ4n) is 2.20. The van der Waals surface area contributed by atoms with E-state index in [0.29, 0.717) is 12.5 Å². The third-order valence-corrected chi connectivity index (χ3v) is 4.82. The highest BCUT2D eigenvalue weighted by atomic mass is 35.5. The van der Waals surface area contributed by atoms with Gasteiger partial charge in [-0.3, -0.25) is 0 Å². The predicted octanol–water partition coefficient (Wildman–Crippen LogP) is 4.96. The Morgan fingerprint density at radius 2 is 1.82 bits per heavy atom. The van der Waals surface area contributed by atoms with Crippen molar-refractivity contribution in [1.82, 2.24) is 0 Å². The number of benzene rings is 1. The van der Waals surface area contributed by atoms with Gasteiger partial charge in [0, 0.05) is 0 Å².